The van der Waals surface area contributed by atoms with E-state index < -0.39 is 12.2 Å². The molecular formula is C21H25NO4. The number of likely N-dealkylation sites (tertiary alicyclic amines) is 1. The van der Waals surface area contributed by atoms with Crippen molar-refractivity contribution in [2.24, 2.45) is 0 Å². The van der Waals surface area contributed by atoms with Crippen LogP contribution in [0.5, 0.6) is 11.5 Å². The number of aliphatic hydroxyl groups excluding tert-OH is 2. The van der Waals surface area contributed by atoms with E-state index in [9.17, 15) is 15.3 Å². The van der Waals surface area contributed by atoms with E-state index in [0.717, 1.165) is 31.5 Å². The highest BCUT2D eigenvalue weighted by Gasteiger charge is 2.43. The van der Waals surface area contributed by atoms with Gasteiger partial charge in [0.2, 0.25) is 0 Å². The fourth-order valence-corrected chi connectivity index (χ4v) is 4.10. The maximum atomic E-state index is 10.5. The second-order valence-electron chi connectivity index (χ2n) is 7.45. The molecule has 138 valence electrons. The minimum absolute atomic E-state index is 0.145. The summed E-state index contributed by atoms with van der Waals surface area (Å²) in [6.45, 7) is 2.25. The van der Waals surface area contributed by atoms with E-state index >= 15 is 0 Å². The highest BCUT2D eigenvalue weighted by atomic mass is 16.5. The lowest BCUT2D eigenvalue weighted by Crippen LogP contribution is -2.51. The van der Waals surface area contributed by atoms with E-state index in [-0.39, 0.29) is 11.4 Å². The fraction of sp³-hybridized carbons (Fsp3) is 0.429. The molecule has 2 aliphatic heterocycles. The van der Waals surface area contributed by atoms with Crippen LogP contribution in [0.15, 0.2) is 48.5 Å². The van der Waals surface area contributed by atoms with Gasteiger partial charge < -0.3 is 25.0 Å². The first-order valence-corrected chi connectivity index (χ1v) is 9.20. The van der Waals surface area contributed by atoms with E-state index in [0.29, 0.717) is 24.3 Å². The minimum atomic E-state index is -0.618. The molecule has 0 aliphatic carbocycles. The van der Waals surface area contributed by atoms with Crippen molar-refractivity contribution >= 4 is 0 Å². The zero-order chi connectivity index (χ0) is 18.1. The maximum Gasteiger partial charge on any atom is 0.126 e. The van der Waals surface area contributed by atoms with Gasteiger partial charge in [-0.3, -0.25) is 0 Å². The molecule has 26 heavy (non-hydrogen) atoms. The predicted molar refractivity (Wildman–Crippen MR) is 98.1 cm³/mol. The van der Waals surface area contributed by atoms with Crippen LogP contribution in [0.2, 0.25) is 0 Å². The number of rotatable bonds is 3. The highest BCUT2D eigenvalue weighted by molar-refractivity contribution is 5.43. The molecule has 2 aromatic carbocycles. The third kappa shape index (κ3) is 3.43. The maximum absolute atomic E-state index is 10.5. The number of ether oxygens (including phenoxy) is 1. The van der Waals surface area contributed by atoms with Gasteiger partial charge in [-0.25, -0.2) is 0 Å². The first-order valence-electron chi connectivity index (χ1n) is 9.20. The summed E-state index contributed by atoms with van der Waals surface area (Å²) in [5.41, 5.74) is 1.24. The molecule has 2 aromatic rings. The number of benzene rings is 2. The first-order chi connectivity index (χ1) is 12.5. The third-order valence-corrected chi connectivity index (χ3v) is 5.63. The highest BCUT2D eigenvalue weighted by Crippen LogP contribution is 2.45. The van der Waals surface area contributed by atoms with Crippen LogP contribution in [0.1, 0.15) is 42.6 Å². The van der Waals surface area contributed by atoms with Crippen molar-refractivity contribution in [1.82, 2.24) is 4.90 Å². The molecule has 1 spiro atoms. The lowest BCUT2D eigenvalue weighted by Gasteiger charge is -2.46. The van der Waals surface area contributed by atoms with Crippen LogP contribution in [0.3, 0.4) is 0 Å². The summed E-state index contributed by atoms with van der Waals surface area (Å²) in [7, 11) is 0. The van der Waals surface area contributed by atoms with Crippen molar-refractivity contribution in [2.45, 2.75) is 37.1 Å². The van der Waals surface area contributed by atoms with Gasteiger partial charge >= 0.3 is 0 Å². The second kappa shape index (κ2) is 6.91. The molecule has 0 bridgehead atoms. The van der Waals surface area contributed by atoms with Crippen molar-refractivity contribution in [2.75, 3.05) is 19.6 Å². The summed E-state index contributed by atoms with van der Waals surface area (Å²) in [6, 6.07) is 14.6. The first kappa shape index (κ1) is 17.3. The van der Waals surface area contributed by atoms with Crippen LogP contribution in [-0.4, -0.2) is 45.5 Å². The van der Waals surface area contributed by atoms with Gasteiger partial charge in [0.1, 0.15) is 17.1 Å². The van der Waals surface area contributed by atoms with E-state index in [4.69, 9.17) is 4.74 Å². The normalized spacial score (nSPS) is 23.2. The van der Waals surface area contributed by atoms with Crippen LogP contribution < -0.4 is 4.74 Å². The SMILES string of the molecule is Oc1ccc2c(c1)C(O)CC1(CCN(CC(O)c3ccccc3)CC1)O2. The molecule has 3 N–H and O–H groups in total. The molecule has 2 aliphatic rings. The number of phenolic OH excluding ortho intramolecular Hbond substituents is 1. The smallest absolute Gasteiger partial charge is 0.126 e. The number of nitrogens with zero attached hydrogens (tertiary/aromatic N) is 1. The Morgan fingerprint density at radius 2 is 1.85 bits per heavy atom. The molecule has 2 heterocycles. The van der Waals surface area contributed by atoms with Crippen LogP contribution in [0.4, 0.5) is 0 Å². The third-order valence-electron chi connectivity index (χ3n) is 5.63. The Morgan fingerprint density at radius 3 is 2.58 bits per heavy atom. The summed E-state index contributed by atoms with van der Waals surface area (Å²) in [6.07, 6.45) is 1.05. The average molecular weight is 355 g/mol. The number of phenols is 1. The molecule has 0 saturated carbocycles. The number of β-amino-alcohol motifs (C(OH)–C–C–N with tert-alkyl or cyclic N) is 1. The lowest BCUT2D eigenvalue weighted by molar-refractivity contribution is -0.0588. The monoisotopic (exact) mass is 355 g/mol. The van der Waals surface area contributed by atoms with E-state index in [1.165, 1.54) is 0 Å². The molecular weight excluding hydrogens is 330 g/mol. The Hall–Kier alpha value is -2.08. The number of hydrogen-bond donors (Lipinski definition) is 3. The van der Waals surface area contributed by atoms with E-state index in [1.54, 1.807) is 18.2 Å². The molecule has 4 rings (SSSR count). The largest absolute Gasteiger partial charge is 0.508 e. The number of fused-ring (bicyclic) bond motifs is 1. The van der Waals surface area contributed by atoms with Gasteiger partial charge in [0.05, 0.1) is 12.2 Å². The summed E-state index contributed by atoms with van der Waals surface area (Å²) >= 11 is 0. The molecule has 5 nitrogen and oxygen atoms in total. The van der Waals surface area contributed by atoms with Gasteiger partial charge in [-0.2, -0.15) is 0 Å². The average Bonchev–Trinajstić information content (AvgIpc) is 2.65. The molecule has 0 amide bonds. The number of hydrogen-bond acceptors (Lipinski definition) is 5. The summed E-state index contributed by atoms with van der Waals surface area (Å²) in [5.74, 6) is 0.811. The van der Waals surface area contributed by atoms with E-state index in [2.05, 4.69) is 4.90 Å². The lowest BCUT2D eigenvalue weighted by atomic mass is 9.81. The van der Waals surface area contributed by atoms with Gasteiger partial charge in [-0.15, -0.1) is 0 Å². The molecule has 0 aromatic heterocycles. The minimum Gasteiger partial charge on any atom is -0.508 e. The molecule has 2 unspecified atom stereocenters. The van der Waals surface area contributed by atoms with E-state index in [1.807, 2.05) is 30.3 Å². The molecule has 2 atom stereocenters. The molecule has 1 saturated heterocycles. The number of piperidine rings is 1. The second-order valence-corrected chi connectivity index (χ2v) is 7.45. The van der Waals surface area contributed by atoms with Gasteiger partial charge in [0.25, 0.3) is 0 Å². The Bertz CT molecular complexity index is 756. The van der Waals surface area contributed by atoms with Crippen molar-refractivity contribution < 1.29 is 20.1 Å². The van der Waals surface area contributed by atoms with Crippen molar-refractivity contribution in [3.63, 3.8) is 0 Å². The number of aromatic hydroxyl groups is 1. The Kier molecular flexibility index (Phi) is 4.61. The predicted octanol–water partition coefficient (Wildman–Crippen LogP) is 2.78. The quantitative estimate of drug-likeness (QED) is 0.790. The zero-order valence-electron chi connectivity index (χ0n) is 14.7. The Morgan fingerprint density at radius 1 is 1.12 bits per heavy atom. The topological polar surface area (TPSA) is 73.2 Å². The van der Waals surface area contributed by atoms with Crippen molar-refractivity contribution in [3.8, 4) is 11.5 Å². The van der Waals surface area contributed by atoms with Crippen molar-refractivity contribution in [3.05, 3.63) is 59.7 Å². The number of aliphatic hydroxyl groups is 2. The van der Waals surface area contributed by atoms with Crippen molar-refractivity contribution in [1.29, 1.82) is 0 Å². The molecule has 5 heteroatoms. The van der Waals surface area contributed by atoms with Gasteiger partial charge in [0.15, 0.2) is 0 Å². The van der Waals surface area contributed by atoms with Crippen LogP contribution in [-0.2, 0) is 0 Å². The Balaban J connectivity index is 1.40. The van der Waals surface area contributed by atoms with Gasteiger partial charge in [-0.1, -0.05) is 30.3 Å². The fourth-order valence-electron chi connectivity index (χ4n) is 4.10. The molecule has 0 radical (unpaired) electrons. The standard InChI is InChI=1S/C21H25NO4/c23-16-6-7-20-17(12-16)18(24)13-21(26-20)8-10-22(11-9-21)14-19(25)15-4-2-1-3-5-15/h1-7,12,18-19,23-25H,8-11,13-14H2. The summed E-state index contributed by atoms with van der Waals surface area (Å²) in [5, 5.41) is 30.6. The van der Waals surface area contributed by atoms with Crippen LogP contribution >= 0.6 is 0 Å². The van der Waals surface area contributed by atoms with Crippen LogP contribution in [0, 0.1) is 0 Å². The van der Waals surface area contributed by atoms with Gasteiger partial charge in [-0.05, 0) is 36.6 Å². The van der Waals surface area contributed by atoms with Crippen LogP contribution in [0.25, 0.3) is 0 Å². The van der Waals surface area contributed by atoms with Gasteiger partial charge in [0, 0.05) is 31.6 Å². The zero-order valence-corrected chi connectivity index (χ0v) is 14.7. The molecule has 1 fully saturated rings. The Labute approximate surface area is 153 Å². The summed E-state index contributed by atoms with van der Waals surface area (Å²) < 4.78 is 6.26. The summed E-state index contributed by atoms with van der Waals surface area (Å²) in [4.78, 5) is 2.25.